The van der Waals surface area contributed by atoms with Gasteiger partial charge >= 0.3 is 5.97 Å². The van der Waals surface area contributed by atoms with Gasteiger partial charge < -0.3 is 20.8 Å². The summed E-state index contributed by atoms with van der Waals surface area (Å²) in [6, 6.07) is 22.8. The molecule has 1 amide bonds. The molecule has 0 spiro atoms. The van der Waals surface area contributed by atoms with Crippen LogP contribution in [-0.2, 0) is 10.4 Å². The van der Waals surface area contributed by atoms with Crippen LogP contribution < -0.4 is 5.73 Å². The van der Waals surface area contributed by atoms with Gasteiger partial charge in [0, 0.05) is 24.2 Å². The molecule has 1 aliphatic carbocycles. The third-order valence-corrected chi connectivity index (χ3v) is 6.92. The lowest BCUT2D eigenvalue weighted by Crippen LogP contribution is -2.45. The zero-order valence-corrected chi connectivity index (χ0v) is 20.3. The number of nitrogens with zero attached hydrogens (tertiary/aromatic N) is 4. The van der Waals surface area contributed by atoms with Crippen molar-refractivity contribution in [2.24, 2.45) is 5.92 Å². The molecule has 1 saturated heterocycles. The number of carbonyl (C=O) groups is 2. The van der Waals surface area contributed by atoms with E-state index < -0.39 is 11.6 Å². The fraction of sp³-hybridized carbons (Fsp3) is 0.286. The molecule has 37 heavy (non-hydrogen) atoms. The Morgan fingerprint density at radius 3 is 2.19 bits per heavy atom. The number of benzene rings is 2. The van der Waals surface area contributed by atoms with Crippen LogP contribution in [0.1, 0.15) is 41.6 Å². The van der Waals surface area contributed by atoms with Crippen LogP contribution in [-0.4, -0.2) is 54.7 Å². The first-order chi connectivity index (χ1) is 17.8. The highest BCUT2D eigenvalue weighted by Crippen LogP contribution is 2.33. The number of aliphatic hydroxyl groups is 1. The Kier molecular flexibility index (Phi) is 6.62. The molecule has 2 fully saturated rings. The van der Waals surface area contributed by atoms with E-state index in [0.29, 0.717) is 37.1 Å². The number of rotatable bonds is 4. The fourth-order valence-electron chi connectivity index (χ4n) is 4.55. The number of likely N-dealkylation sites (tertiary alicyclic amines) is 1. The molecule has 4 aromatic rings. The van der Waals surface area contributed by atoms with E-state index in [1.54, 1.807) is 4.52 Å². The van der Waals surface area contributed by atoms with Crippen LogP contribution in [0.15, 0.2) is 72.8 Å². The van der Waals surface area contributed by atoms with Gasteiger partial charge in [-0.1, -0.05) is 48.5 Å². The quantitative estimate of drug-likeness (QED) is 0.391. The van der Waals surface area contributed by atoms with E-state index in [0.717, 1.165) is 29.7 Å². The van der Waals surface area contributed by atoms with Gasteiger partial charge in [-0.25, -0.2) is 4.52 Å². The Hall–Kier alpha value is -4.24. The number of hydrogen-bond acceptors (Lipinski definition) is 6. The highest BCUT2D eigenvalue weighted by Gasteiger charge is 2.35. The van der Waals surface area contributed by atoms with Gasteiger partial charge in [0.25, 0.3) is 5.91 Å². The summed E-state index contributed by atoms with van der Waals surface area (Å²) in [5, 5.41) is 23.3. The number of fused-ring (bicyclic) bond motifs is 1. The van der Waals surface area contributed by atoms with Gasteiger partial charge in [-0.15, -0.1) is 5.10 Å². The molecule has 1 aliphatic heterocycles. The maximum absolute atomic E-state index is 13.0. The van der Waals surface area contributed by atoms with Gasteiger partial charge in [0.2, 0.25) is 5.95 Å². The number of aromatic nitrogens is 3. The predicted octanol–water partition coefficient (Wildman–Crippen LogP) is 3.58. The molecule has 0 radical (unpaired) electrons. The molecule has 0 bridgehead atoms. The monoisotopic (exact) mass is 499 g/mol. The molecule has 2 aromatic carbocycles. The van der Waals surface area contributed by atoms with E-state index in [-0.39, 0.29) is 17.8 Å². The van der Waals surface area contributed by atoms with E-state index in [1.165, 1.54) is 0 Å². The molecule has 3 heterocycles. The minimum absolute atomic E-state index is 0.0185. The summed E-state index contributed by atoms with van der Waals surface area (Å²) in [5.41, 5.74) is 8.84. The second kappa shape index (κ2) is 10.0. The Morgan fingerprint density at radius 1 is 0.919 bits per heavy atom. The number of carbonyl (C=O) groups excluding carboxylic acids is 1. The van der Waals surface area contributed by atoms with Crippen LogP contribution in [0.3, 0.4) is 0 Å². The van der Waals surface area contributed by atoms with Gasteiger partial charge in [0.15, 0.2) is 5.65 Å². The van der Waals surface area contributed by atoms with Crippen molar-refractivity contribution < 1.29 is 19.8 Å². The second-order valence-electron chi connectivity index (χ2n) is 9.53. The van der Waals surface area contributed by atoms with Crippen molar-refractivity contribution in [3.05, 3.63) is 83.9 Å². The summed E-state index contributed by atoms with van der Waals surface area (Å²) >= 11 is 0. The van der Waals surface area contributed by atoms with Crippen molar-refractivity contribution in [3.8, 4) is 11.3 Å². The average Bonchev–Trinajstić information content (AvgIpc) is 3.71. The van der Waals surface area contributed by atoms with Crippen molar-refractivity contribution >= 4 is 23.5 Å². The van der Waals surface area contributed by atoms with Gasteiger partial charge in [-0.05, 0) is 55.5 Å². The number of amides is 1. The minimum atomic E-state index is -0.875. The van der Waals surface area contributed by atoms with Crippen LogP contribution in [0.4, 0.5) is 5.95 Å². The normalized spacial score (nSPS) is 16.6. The Balaban J connectivity index is 0.000000412. The molecule has 9 heteroatoms. The molecule has 6 rings (SSSR count). The summed E-state index contributed by atoms with van der Waals surface area (Å²) in [7, 11) is 0. The summed E-state index contributed by atoms with van der Waals surface area (Å²) < 4.78 is 1.70. The predicted molar refractivity (Wildman–Crippen MR) is 139 cm³/mol. The smallest absolute Gasteiger partial charge is 0.306 e. The zero-order chi connectivity index (χ0) is 26.0. The number of pyridine rings is 1. The second-order valence-corrected chi connectivity index (χ2v) is 9.53. The zero-order valence-electron chi connectivity index (χ0n) is 20.3. The van der Waals surface area contributed by atoms with Gasteiger partial charge in [-0.3, -0.25) is 9.59 Å². The van der Waals surface area contributed by atoms with Crippen molar-refractivity contribution in [2.75, 3.05) is 18.8 Å². The third kappa shape index (κ3) is 5.31. The van der Waals surface area contributed by atoms with E-state index in [9.17, 15) is 14.7 Å². The van der Waals surface area contributed by atoms with Crippen molar-refractivity contribution in [3.63, 3.8) is 0 Å². The number of carboxylic acids is 1. The standard InChI is InChI=1S/C24H23N5O2.C4H6O2/c25-23-26-21-8-4-7-20(29(21)27-23)17-9-11-18(12-10-17)22(30)28-15-13-24(31,14-16-28)19-5-2-1-3-6-19;5-4(6)3-1-2-3/h1-12,31H,13-16H2,(H2,25,27);3H,1-2H2,(H,5,6). The van der Waals surface area contributed by atoms with Crippen molar-refractivity contribution in [2.45, 2.75) is 31.3 Å². The number of nitrogen functional groups attached to an aromatic ring is 1. The van der Waals surface area contributed by atoms with Gasteiger partial charge in [-0.2, -0.15) is 4.98 Å². The molecule has 4 N–H and O–H groups in total. The summed E-state index contributed by atoms with van der Waals surface area (Å²) in [5.74, 6) is -0.412. The molecule has 0 unspecified atom stereocenters. The van der Waals surface area contributed by atoms with Gasteiger partial charge in [0.05, 0.1) is 17.2 Å². The summed E-state index contributed by atoms with van der Waals surface area (Å²) in [6.07, 6.45) is 2.85. The SMILES string of the molecule is Nc1nc2cccc(-c3ccc(C(=O)N4CCC(O)(c5ccccc5)CC4)cc3)n2n1.O=C(O)C1CC1. The Morgan fingerprint density at radius 2 is 1.59 bits per heavy atom. The van der Waals surface area contributed by atoms with E-state index >= 15 is 0 Å². The number of aliphatic carboxylic acids is 1. The molecule has 2 aromatic heterocycles. The van der Waals surface area contributed by atoms with Crippen LogP contribution in [0.5, 0.6) is 0 Å². The molecule has 0 atom stereocenters. The van der Waals surface area contributed by atoms with E-state index in [4.69, 9.17) is 10.8 Å². The first kappa shape index (κ1) is 24.5. The van der Waals surface area contributed by atoms with Crippen molar-refractivity contribution in [1.82, 2.24) is 19.5 Å². The van der Waals surface area contributed by atoms with E-state index in [2.05, 4.69) is 10.1 Å². The first-order valence-electron chi connectivity index (χ1n) is 12.4. The lowest BCUT2D eigenvalue weighted by Gasteiger charge is -2.38. The lowest BCUT2D eigenvalue weighted by molar-refractivity contribution is -0.138. The molecular formula is C28H29N5O4. The molecule has 9 nitrogen and oxygen atoms in total. The topological polar surface area (TPSA) is 134 Å². The van der Waals surface area contributed by atoms with Crippen LogP contribution in [0.2, 0.25) is 0 Å². The summed E-state index contributed by atoms with van der Waals surface area (Å²) in [6.45, 7) is 1.03. The average molecular weight is 500 g/mol. The third-order valence-electron chi connectivity index (χ3n) is 6.92. The molecule has 1 saturated carbocycles. The maximum atomic E-state index is 13.0. The Bertz CT molecular complexity index is 1410. The number of anilines is 1. The highest BCUT2D eigenvalue weighted by molar-refractivity contribution is 5.94. The maximum Gasteiger partial charge on any atom is 0.306 e. The Labute approximate surface area is 214 Å². The number of hydrogen-bond donors (Lipinski definition) is 3. The van der Waals surface area contributed by atoms with Crippen molar-refractivity contribution in [1.29, 1.82) is 0 Å². The highest BCUT2D eigenvalue weighted by atomic mass is 16.4. The van der Waals surface area contributed by atoms with E-state index in [1.807, 2.05) is 77.7 Å². The molecule has 2 aliphatic rings. The number of carboxylic acid groups (broad SMARTS) is 1. The first-order valence-corrected chi connectivity index (χ1v) is 12.4. The fourth-order valence-corrected chi connectivity index (χ4v) is 4.55. The van der Waals surface area contributed by atoms with Crippen LogP contribution >= 0.6 is 0 Å². The molecule has 190 valence electrons. The number of piperidine rings is 1. The van der Waals surface area contributed by atoms with Gasteiger partial charge in [0.1, 0.15) is 0 Å². The number of nitrogens with two attached hydrogens (primary N) is 1. The molecular weight excluding hydrogens is 470 g/mol. The minimum Gasteiger partial charge on any atom is -0.481 e. The van der Waals surface area contributed by atoms with Crippen LogP contribution in [0.25, 0.3) is 16.9 Å². The summed E-state index contributed by atoms with van der Waals surface area (Å²) in [4.78, 5) is 28.8. The lowest BCUT2D eigenvalue weighted by atomic mass is 9.84. The van der Waals surface area contributed by atoms with Crippen LogP contribution in [0, 0.1) is 5.92 Å². The largest absolute Gasteiger partial charge is 0.481 e.